The van der Waals surface area contributed by atoms with Crippen molar-refractivity contribution in [1.82, 2.24) is 10.3 Å². The monoisotopic (exact) mass is 276 g/mol. The highest BCUT2D eigenvalue weighted by molar-refractivity contribution is 6.31. The molecular weight excluding hydrogens is 264 g/mol. The van der Waals surface area contributed by atoms with Gasteiger partial charge < -0.3 is 10.7 Å². The highest BCUT2D eigenvalue weighted by atomic mass is 35.5. The van der Waals surface area contributed by atoms with Crippen LogP contribution in [0.5, 0.6) is 0 Å². The van der Waals surface area contributed by atoms with Gasteiger partial charge in [0.15, 0.2) is 0 Å². The highest BCUT2D eigenvalue weighted by Crippen LogP contribution is 2.14. The standard InChI is InChI=1S/C13H13ClN4O/c14-11-4-2-1-3-10(11)8-17-13(19)9-5-6-16-12(7-9)18-15/h1-7H,8,15H2,(H,16,18)(H,17,19). The maximum absolute atomic E-state index is 11.9. The zero-order chi connectivity index (χ0) is 13.7. The third-order valence-corrected chi connectivity index (χ3v) is 2.94. The molecule has 0 fully saturated rings. The molecular formula is C13H13ClN4O. The van der Waals surface area contributed by atoms with E-state index in [4.69, 9.17) is 17.4 Å². The first-order valence-corrected chi connectivity index (χ1v) is 6.03. The molecule has 0 bridgehead atoms. The number of hydrogen-bond donors (Lipinski definition) is 3. The van der Waals surface area contributed by atoms with Crippen molar-refractivity contribution >= 4 is 23.3 Å². The maximum atomic E-state index is 11.9. The summed E-state index contributed by atoms with van der Waals surface area (Å²) in [6.07, 6.45) is 1.51. The van der Waals surface area contributed by atoms with Crippen LogP contribution in [0.25, 0.3) is 0 Å². The summed E-state index contributed by atoms with van der Waals surface area (Å²) in [6.45, 7) is 0.367. The van der Waals surface area contributed by atoms with Gasteiger partial charge in [-0.15, -0.1) is 0 Å². The molecule has 0 aliphatic heterocycles. The van der Waals surface area contributed by atoms with Crippen LogP contribution in [-0.4, -0.2) is 10.9 Å². The van der Waals surface area contributed by atoms with Gasteiger partial charge in [-0.25, -0.2) is 10.8 Å². The van der Waals surface area contributed by atoms with Gasteiger partial charge in [0.05, 0.1) is 0 Å². The number of carbonyl (C=O) groups is 1. The van der Waals surface area contributed by atoms with E-state index in [0.29, 0.717) is 22.9 Å². The number of carbonyl (C=O) groups excluding carboxylic acids is 1. The Morgan fingerprint density at radius 2 is 2.11 bits per heavy atom. The second-order valence-electron chi connectivity index (χ2n) is 3.85. The Morgan fingerprint density at radius 1 is 1.32 bits per heavy atom. The molecule has 0 saturated carbocycles. The molecule has 0 unspecified atom stereocenters. The lowest BCUT2D eigenvalue weighted by atomic mass is 10.2. The number of rotatable bonds is 4. The van der Waals surface area contributed by atoms with Crippen LogP contribution >= 0.6 is 11.6 Å². The van der Waals surface area contributed by atoms with E-state index in [9.17, 15) is 4.79 Å². The summed E-state index contributed by atoms with van der Waals surface area (Å²) in [5.74, 6) is 5.47. The molecule has 4 N–H and O–H groups in total. The number of amides is 1. The van der Waals surface area contributed by atoms with E-state index < -0.39 is 0 Å². The van der Waals surface area contributed by atoms with Crippen molar-refractivity contribution in [2.45, 2.75) is 6.54 Å². The number of nitrogens with one attached hydrogen (secondary N) is 2. The summed E-state index contributed by atoms with van der Waals surface area (Å²) < 4.78 is 0. The first-order valence-electron chi connectivity index (χ1n) is 5.65. The molecule has 19 heavy (non-hydrogen) atoms. The van der Waals surface area contributed by atoms with E-state index in [1.165, 1.54) is 6.20 Å². The largest absolute Gasteiger partial charge is 0.348 e. The number of benzene rings is 1. The number of pyridine rings is 1. The number of halogens is 1. The maximum Gasteiger partial charge on any atom is 0.251 e. The number of aromatic nitrogens is 1. The molecule has 1 aromatic heterocycles. The molecule has 1 amide bonds. The van der Waals surface area contributed by atoms with Crippen LogP contribution in [0.3, 0.4) is 0 Å². The third kappa shape index (κ3) is 3.43. The van der Waals surface area contributed by atoms with Crippen molar-refractivity contribution < 1.29 is 4.79 Å². The lowest BCUT2D eigenvalue weighted by Gasteiger charge is -2.07. The van der Waals surface area contributed by atoms with Gasteiger partial charge in [0.2, 0.25) is 0 Å². The van der Waals surface area contributed by atoms with E-state index in [1.54, 1.807) is 18.2 Å². The quantitative estimate of drug-likeness (QED) is 0.589. The zero-order valence-corrected chi connectivity index (χ0v) is 10.8. The van der Waals surface area contributed by atoms with Crippen LogP contribution in [0.15, 0.2) is 42.6 Å². The second-order valence-corrected chi connectivity index (χ2v) is 4.26. The Labute approximate surface area is 115 Å². The van der Waals surface area contributed by atoms with E-state index in [1.807, 2.05) is 18.2 Å². The SMILES string of the molecule is NNc1cc(C(=O)NCc2ccccc2Cl)ccn1. The van der Waals surface area contributed by atoms with Crippen molar-refractivity contribution in [1.29, 1.82) is 0 Å². The van der Waals surface area contributed by atoms with Crippen LogP contribution in [0.2, 0.25) is 5.02 Å². The molecule has 0 spiro atoms. The zero-order valence-electron chi connectivity index (χ0n) is 10.1. The fraction of sp³-hybridized carbons (Fsp3) is 0.0769. The van der Waals surface area contributed by atoms with E-state index in [-0.39, 0.29) is 5.91 Å². The van der Waals surface area contributed by atoms with Gasteiger partial charge in [0.25, 0.3) is 5.91 Å². The molecule has 2 rings (SSSR count). The summed E-state index contributed by atoms with van der Waals surface area (Å²) in [5, 5.41) is 3.41. The van der Waals surface area contributed by atoms with E-state index >= 15 is 0 Å². The minimum Gasteiger partial charge on any atom is -0.348 e. The number of nitrogens with two attached hydrogens (primary N) is 1. The summed E-state index contributed by atoms with van der Waals surface area (Å²) in [7, 11) is 0. The van der Waals surface area contributed by atoms with Crippen LogP contribution in [0, 0.1) is 0 Å². The summed E-state index contributed by atoms with van der Waals surface area (Å²) >= 11 is 6.01. The van der Waals surface area contributed by atoms with Crippen molar-refractivity contribution in [2.75, 3.05) is 5.43 Å². The summed E-state index contributed by atoms with van der Waals surface area (Å²) in [5.41, 5.74) is 3.74. The van der Waals surface area contributed by atoms with Gasteiger partial charge in [-0.2, -0.15) is 0 Å². The molecule has 0 aliphatic carbocycles. The lowest BCUT2D eigenvalue weighted by molar-refractivity contribution is 0.0951. The molecule has 2 aromatic rings. The van der Waals surface area contributed by atoms with E-state index in [2.05, 4.69) is 15.7 Å². The van der Waals surface area contributed by atoms with Gasteiger partial charge in [-0.3, -0.25) is 4.79 Å². The molecule has 0 atom stereocenters. The predicted molar refractivity (Wildman–Crippen MR) is 74.7 cm³/mol. The fourth-order valence-electron chi connectivity index (χ4n) is 1.57. The van der Waals surface area contributed by atoms with Gasteiger partial charge in [0, 0.05) is 23.3 Å². The average molecular weight is 277 g/mol. The Hall–Kier alpha value is -2.11. The molecule has 1 aromatic carbocycles. The van der Waals surface area contributed by atoms with Crippen LogP contribution in [-0.2, 0) is 6.54 Å². The molecule has 0 saturated heterocycles. The van der Waals surface area contributed by atoms with Crippen molar-refractivity contribution in [3.63, 3.8) is 0 Å². The van der Waals surface area contributed by atoms with Crippen molar-refractivity contribution in [3.8, 4) is 0 Å². The Bertz CT molecular complexity index is 588. The Kier molecular flexibility index (Phi) is 4.33. The Morgan fingerprint density at radius 3 is 2.84 bits per heavy atom. The molecule has 98 valence electrons. The minimum absolute atomic E-state index is 0.209. The molecule has 6 heteroatoms. The smallest absolute Gasteiger partial charge is 0.251 e. The predicted octanol–water partition coefficient (Wildman–Crippen LogP) is 1.95. The van der Waals surface area contributed by atoms with Crippen LogP contribution < -0.4 is 16.6 Å². The van der Waals surface area contributed by atoms with Crippen molar-refractivity contribution in [2.24, 2.45) is 5.84 Å². The van der Waals surface area contributed by atoms with Gasteiger partial charge in [0.1, 0.15) is 5.82 Å². The molecule has 1 heterocycles. The van der Waals surface area contributed by atoms with Crippen LogP contribution in [0.1, 0.15) is 15.9 Å². The molecule has 0 aliphatic rings. The number of nitrogen functional groups attached to an aromatic ring is 1. The van der Waals surface area contributed by atoms with Gasteiger partial charge >= 0.3 is 0 Å². The topological polar surface area (TPSA) is 80.0 Å². The number of anilines is 1. The number of hydrazine groups is 1. The summed E-state index contributed by atoms with van der Waals surface area (Å²) in [4.78, 5) is 15.9. The van der Waals surface area contributed by atoms with Crippen LogP contribution in [0.4, 0.5) is 5.82 Å². The fourth-order valence-corrected chi connectivity index (χ4v) is 1.77. The second kappa shape index (κ2) is 6.17. The highest BCUT2D eigenvalue weighted by Gasteiger charge is 2.07. The van der Waals surface area contributed by atoms with Gasteiger partial charge in [-0.05, 0) is 23.8 Å². The number of hydrogen-bond acceptors (Lipinski definition) is 4. The lowest BCUT2D eigenvalue weighted by Crippen LogP contribution is -2.23. The molecule has 5 nitrogen and oxygen atoms in total. The normalized spacial score (nSPS) is 10.0. The summed E-state index contributed by atoms with van der Waals surface area (Å²) in [6, 6.07) is 10.5. The first kappa shape index (κ1) is 13.3. The minimum atomic E-state index is -0.209. The van der Waals surface area contributed by atoms with Gasteiger partial charge in [-0.1, -0.05) is 29.8 Å². The first-order chi connectivity index (χ1) is 9.20. The van der Waals surface area contributed by atoms with Crippen molar-refractivity contribution in [3.05, 3.63) is 58.7 Å². The average Bonchev–Trinajstić information content (AvgIpc) is 2.46. The molecule has 0 radical (unpaired) electrons. The van der Waals surface area contributed by atoms with E-state index in [0.717, 1.165) is 5.56 Å². The number of nitrogens with zero attached hydrogens (tertiary/aromatic N) is 1. The Balaban J connectivity index is 2.03. The third-order valence-electron chi connectivity index (χ3n) is 2.57.